The number of carbonyl (C=O) groups is 2. The number of nitrogens with one attached hydrogen (secondary N) is 2. The molecule has 1 saturated heterocycles. The van der Waals surface area contributed by atoms with Crippen LogP contribution in [0.5, 0.6) is 0 Å². The number of aromatic nitrogens is 2. The Morgan fingerprint density at radius 1 is 1.09 bits per heavy atom. The molecule has 0 unspecified atom stereocenters. The highest BCUT2D eigenvalue weighted by Gasteiger charge is 2.22. The fourth-order valence-corrected chi connectivity index (χ4v) is 2.35. The fraction of sp³-hybridized carbons (Fsp3) is 0.600. The molecule has 0 radical (unpaired) electrons. The lowest BCUT2D eigenvalue weighted by Gasteiger charge is -2.34. The van der Waals surface area contributed by atoms with E-state index in [0.29, 0.717) is 38.5 Å². The van der Waals surface area contributed by atoms with E-state index in [4.69, 9.17) is 0 Å². The quantitative estimate of drug-likeness (QED) is 0.783. The molecule has 126 valence electrons. The van der Waals surface area contributed by atoms with Gasteiger partial charge in [0.25, 0.3) is 0 Å². The average molecular weight is 320 g/mol. The predicted octanol–water partition coefficient (Wildman–Crippen LogP) is 0.225. The Balaban J connectivity index is 1.66. The molecule has 3 amide bonds. The number of hydrogen-bond acceptors (Lipinski definition) is 5. The molecule has 2 heterocycles. The average Bonchev–Trinajstić information content (AvgIpc) is 2.60. The maximum absolute atomic E-state index is 12.1. The summed E-state index contributed by atoms with van der Waals surface area (Å²) in [6, 6.07) is 1.57. The molecule has 1 aromatic rings. The van der Waals surface area contributed by atoms with E-state index in [1.165, 1.54) is 0 Å². The third-order valence-corrected chi connectivity index (χ3v) is 3.63. The van der Waals surface area contributed by atoms with Gasteiger partial charge in [0.05, 0.1) is 0 Å². The number of hydrogen-bond donors (Lipinski definition) is 2. The molecule has 1 fully saturated rings. The summed E-state index contributed by atoms with van der Waals surface area (Å²) in [5, 5.41) is 5.41. The fourth-order valence-electron chi connectivity index (χ4n) is 2.35. The highest BCUT2D eigenvalue weighted by atomic mass is 16.2. The zero-order valence-electron chi connectivity index (χ0n) is 13.5. The van der Waals surface area contributed by atoms with E-state index in [0.717, 1.165) is 19.5 Å². The van der Waals surface area contributed by atoms with E-state index < -0.39 is 0 Å². The van der Waals surface area contributed by atoms with Gasteiger partial charge in [-0.2, -0.15) is 0 Å². The number of urea groups is 1. The van der Waals surface area contributed by atoms with Crippen LogP contribution in [0.2, 0.25) is 0 Å². The van der Waals surface area contributed by atoms with Crippen LogP contribution in [0.25, 0.3) is 0 Å². The summed E-state index contributed by atoms with van der Waals surface area (Å²) in [5.41, 5.74) is 0. The molecule has 8 nitrogen and oxygen atoms in total. The van der Waals surface area contributed by atoms with Crippen LogP contribution >= 0.6 is 0 Å². The van der Waals surface area contributed by atoms with Gasteiger partial charge >= 0.3 is 6.03 Å². The summed E-state index contributed by atoms with van der Waals surface area (Å²) in [5.74, 6) is 0.767. The van der Waals surface area contributed by atoms with Crippen molar-refractivity contribution in [2.75, 3.05) is 44.2 Å². The minimum absolute atomic E-state index is 0.0643. The van der Waals surface area contributed by atoms with E-state index in [-0.39, 0.29) is 11.9 Å². The second kappa shape index (κ2) is 8.92. The van der Waals surface area contributed by atoms with Crippen LogP contribution in [0.4, 0.5) is 10.7 Å². The topological polar surface area (TPSA) is 90.5 Å². The van der Waals surface area contributed by atoms with Crippen LogP contribution in [0, 0.1) is 0 Å². The first-order valence-corrected chi connectivity index (χ1v) is 8.02. The largest absolute Gasteiger partial charge is 0.339 e. The first kappa shape index (κ1) is 17.0. The highest BCUT2D eigenvalue weighted by molar-refractivity contribution is 5.78. The summed E-state index contributed by atoms with van der Waals surface area (Å²) in [4.78, 5) is 35.9. The maximum Gasteiger partial charge on any atom is 0.314 e. The highest BCUT2D eigenvalue weighted by Crippen LogP contribution is 2.10. The maximum atomic E-state index is 12.1. The van der Waals surface area contributed by atoms with Crippen molar-refractivity contribution in [1.82, 2.24) is 25.5 Å². The Labute approximate surface area is 136 Å². The van der Waals surface area contributed by atoms with Gasteiger partial charge in [-0.1, -0.05) is 6.92 Å². The van der Waals surface area contributed by atoms with E-state index in [1.807, 2.05) is 11.8 Å². The monoisotopic (exact) mass is 320 g/mol. The second-order valence-corrected chi connectivity index (χ2v) is 5.35. The summed E-state index contributed by atoms with van der Waals surface area (Å²) in [6.45, 7) is 5.74. The molecule has 2 N–H and O–H groups in total. The lowest BCUT2D eigenvalue weighted by molar-refractivity contribution is -0.131. The first-order chi connectivity index (χ1) is 11.2. The van der Waals surface area contributed by atoms with E-state index in [1.54, 1.807) is 18.5 Å². The lowest BCUT2D eigenvalue weighted by Crippen LogP contribution is -2.50. The molecule has 1 aromatic heterocycles. The molecule has 0 atom stereocenters. The molecule has 0 bridgehead atoms. The molecule has 2 rings (SSSR count). The van der Waals surface area contributed by atoms with E-state index in [9.17, 15) is 9.59 Å². The minimum atomic E-state index is -0.217. The van der Waals surface area contributed by atoms with Gasteiger partial charge in [0.15, 0.2) is 0 Å². The Bertz CT molecular complexity index is 502. The number of carbonyl (C=O) groups excluding carboxylic acids is 2. The third-order valence-electron chi connectivity index (χ3n) is 3.63. The SMILES string of the molecule is CCCNC(=O)NCCC(=O)N1CCN(c2ncccn2)CC1. The van der Waals surface area contributed by atoms with Gasteiger partial charge in [-0.15, -0.1) is 0 Å². The van der Waals surface area contributed by atoms with Crippen molar-refractivity contribution in [3.63, 3.8) is 0 Å². The van der Waals surface area contributed by atoms with Crippen molar-refractivity contribution in [2.45, 2.75) is 19.8 Å². The van der Waals surface area contributed by atoms with Crippen LogP contribution < -0.4 is 15.5 Å². The van der Waals surface area contributed by atoms with Gasteiger partial charge in [-0.05, 0) is 12.5 Å². The van der Waals surface area contributed by atoms with Gasteiger partial charge < -0.3 is 20.4 Å². The number of anilines is 1. The Hall–Kier alpha value is -2.38. The summed E-state index contributed by atoms with van der Waals surface area (Å²) < 4.78 is 0. The number of nitrogens with zero attached hydrogens (tertiary/aromatic N) is 4. The van der Waals surface area contributed by atoms with Gasteiger partial charge in [0.2, 0.25) is 11.9 Å². The zero-order chi connectivity index (χ0) is 16.5. The van der Waals surface area contributed by atoms with Gasteiger partial charge in [0, 0.05) is 58.1 Å². The molecular weight excluding hydrogens is 296 g/mol. The molecule has 0 aromatic carbocycles. The van der Waals surface area contributed by atoms with Crippen LogP contribution in [0.15, 0.2) is 18.5 Å². The van der Waals surface area contributed by atoms with Crippen LogP contribution in [0.3, 0.4) is 0 Å². The molecule has 23 heavy (non-hydrogen) atoms. The van der Waals surface area contributed by atoms with Gasteiger partial charge in [-0.25, -0.2) is 14.8 Å². The lowest BCUT2D eigenvalue weighted by atomic mass is 10.3. The standard InChI is InChI=1S/C15H24N6O2/c1-2-5-18-15(23)19-8-4-13(22)20-9-11-21(12-10-20)14-16-6-3-7-17-14/h3,6-7H,2,4-5,8-12H2,1H3,(H2,18,19,23). The van der Waals surface area contributed by atoms with Gasteiger partial charge in [0.1, 0.15) is 0 Å². The van der Waals surface area contributed by atoms with Crippen molar-refractivity contribution in [2.24, 2.45) is 0 Å². The Morgan fingerprint density at radius 3 is 2.39 bits per heavy atom. The van der Waals surface area contributed by atoms with Crippen molar-refractivity contribution in [1.29, 1.82) is 0 Å². The number of piperazine rings is 1. The predicted molar refractivity (Wildman–Crippen MR) is 87.1 cm³/mol. The number of amides is 3. The molecule has 1 aliphatic rings. The summed E-state index contributed by atoms with van der Waals surface area (Å²) >= 11 is 0. The van der Waals surface area contributed by atoms with Crippen LogP contribution in [-0.4, -0.2) is 66.1 Å². The molecule has 0 aliphatic carbocycles. The van der Waals surface area contributed by atoms with Crippen molar-refractivity contribution >= 4 is 17.9 Å². The molecule has 0 saturated carbocycles. The molecule has 8 heteroatoms. The van der Waals surface area contributed by atoms with Crippen molar-refractivity contribution in [3.8, 4) is 0 Å². The molecule has 1 aliphatic heterocycles. The van der Waals surface area contributed by atoms with Crippen LogP contribution in [-0.2, 0) is 4.79 Å². The zero-order valence-corrected chi connectivity index (χ0v) is 13.5. The Morgan fingerprint density at radius 2 is 1.74 bits per heavy atom. The first-order valence-electron chi connectivity index (χ1n) is 8.02. The molecule has 0 spiro atoms. The van der Waals surface area contributed by atoms with Gasteiger partial charge in [-0.3, -0.25) is 4.79 Å². The van der Waals surface area contributed by atoms with E-state index in [2.05, 4.69) is 25.5 Å². The van der Waals surface area contributed by atoms with Crippen molar-refractivity contribution in [3.05, 3.63) is 18.5 Å². The minimum Gasteiger partial charge on any atom is -0.339 e. The number of rotatable bonds is 6. The smallest absolute Gasteiger partial charge is 0.314 e. The summed E-state index contributed by atoms with van der Waals surface area (Å²) in [7, 11) is 0. The van der Waals surface area contributed by atoms with Crippen LogP contribution in [0.1, 0.15) is 19.8 Å². The third kappa shape index (κ3) is 5.39. The van der Waals surface area contributed by atoms with Crippen molar-refractivity contribution < 1.29 is 9.59 Å². The normalized spacial score (nSPS) is 14.5. The Kier molecular flexibility index (Phi) is 6.58. The summed E-state index contributed by atoms with van der Waals surface area (Å²) in [6.07, 6.45) is 4.65. The molecular formula is C15H24N6O2. The van der Waals surface area contributed by atoms with E-state index >= 15 is 0 Å². The second-order valence-electron chi connectivity index (χ2n) is 5.35.